The van der Waals surface area contributed by atoms with Crippen molar-refractivity contribution in [3.8, 4) is 0 Å². The lowest BCUT2D eigenvalue weighted by Gasteiger charge is -2.19. The van der Waals surface area contributed by atoms with Crippen molar-refractivity contribution in [2.75, 3.05) is 30.9 Å². The summed E-state index contributed by atoms with van der Waals surface area (Å²) in [6.07, 6.45) is 1.89. The van der Waals surface area contributed by atoms with Crippen molar-refractivity contribution >= 4 is 11.8 Å². The van der Waals surface area contributed by atoms with Gasteiger partial charge in [-0.3, -0.25) is 0 Å². The van der Waals surface area contributed by atoms with Gasteiger partial charge in [-0.05, 0) is 18.1 Å². The summed E-state index contributed by atoms with van der Waals surface area (Å²) in [6, 6.07) is 11.5. The van der Waals surface area contributed by atoms with Gasteiger partial charge in [0.2, 0.25) is 5.95 Å². The first-order chi connectivity index (χ1) is 9.70. The van der Waals surface area contributed by atoms with Crippen LogP contribution in [0.5, 0.6) is 0 Å². The molecule has 5 nitrogen and oxygen atoms in total. The highest BCUT2D eigenvalue weighted by Gasteiger charge is 2.10. The minimum absolute atomic E-state index is 0.467. The maximum Gasteiger partial charge on any atom is 0.226 e. The fourth-order valence-electron chi connectivity index (χ4n) is 1.93. The van der Waals surface area contributed by atoms with Crippen LogP contribution in [-0.2, 0) is 0 Å². The Hall–Kier alpha value is -2.14. The van der Waals surface area contributed by atoms with E-state index in [2.05, 4.69) is 15.3 Å². The van der Waals surface area contributed by atoms with E-state index in [0.29, 0.717) is 18.9 Å². The van der Waals surface area contributed by atoms with Crippen LogP contribution < -0.4 is 10.2 Å². The van der Waals surface area contributed by atoms with Crippen molar-refractivity contribution in [1.29, 1.82) is 0 Å². The van der Waals surface area contributed by atoms with E-state index in [0.717, 1.165) is 11.4 Å². The lowest BCUT2D eigenvalue weighted by Crippen LogP contribution is -2.22. The summed E-state index contributed by atoms with van der Waals surface area (Å²) in [4.78, 5) is 10.5. The molecular formula is C15H20N4O. The molecule has 2 N–H and O–H groups in total. The highest BCUT2D eigenvalue weighted by molar-refractivity contribution is 5.40. The van der Waals surface area contributed by atoms with E-state index in [1.54, 1.807) is 6.20 Å². The van der Waals surface area contributed by atoms with Gasteiger partial charge < -0.3 is 15.3 Å². The van der Waals surface area contributed by atoms with Crippen LogP contribution in [0, 0.1) is 0 Å². The quantitative estimate of drug-likeness (QED) is 0.843. The van der Waals surface area contributed by atoms with Gasteiger partial charge in [0.25, 0.3) is 0 Å². The Bertz CT molecular complexity index is 532. The SMILES string of the molecule is CNc1ccnc(N(C)CC[C@H](O)c2ccccc2)n1. The molecule has 0 amide bonds. The molecule has 0 unspecified atom stereocenters. The second kappa shape index (κ2) is 6.86. The Labute approximate surface area is 119 Å². The van der Waals surface area contributed by atoms with Gasteiger partial charge in [0.15, 0.2) is 0 Å². The maximum absolute atomic E-state index is 10.1. The van der Waals surface area contributed by atoms with Gasteiger partial charge in [0.05, 0.1) is 6.10 Å². The zero-order valence-corrected chi connectivity index (χ0v) is 11.8. The number of anilines is 2. The van der Waals surface area contributed by atoms with Crippen LogP contribution in [0.2, 0.25) is 0 Å². The first-order valence-electron chi connectivity index (χ1n) is 6.65. The van der Waals surface area contributed by atoms with Crippen LogP contribution in [0.3, 0.4) is 0 Å². The van der Waals surface area contributed by atoms with E-state index in [4.69, 9.17) is 0 Å². The fourth-order valence-corrected chi connectivity index (χ4v) is 1.93. The molecular weight excluding hydrogens is 252 g/mol. The molecule has 0 aliphatic rings. The monoisotopic (exact) mass is 272 g/mol. The molecule has 1 atom stereocenters. The summed E-state index contributed by atoms with van der Waals surface area (Å²) in [6.45, 7) is 0.684. The zero-order chi connectivity index (χ0) is 14.4. The van der Waals surface area contributed by atoms with Crippen LogP contribution in [-0.4, -0.2) is 35.7 Å². The van der Waals surface area contributed by atoms with Gasteiger partial charge in [-0.25, -0.2) is 4.98 Å². The third kappa shape index (κ3) is 3.68. The number of aliphatic hydroxyl groups is 1. The normalized spacial score (nSPS) is 11.9. The summed E-state index contributed by atoms with van der Waals surface area (Å²) < 4.78 is 0. The molecule has 2 aromatic rings. The number of nitrogens with one attached hydrogen (secondary N) is 1. The van der Waals surface area contributed by atoms with Gasteiger partial charge in [0, 0.05) is 26.8 Å². The Morgan fingerprint density at radius 1 is 1.25 bits per heavy atom. The second-order valence-corrected chi connectivity index (χ2v) is 4.63. The molecule has 0 aliphatic carbocycles. The standard InChI is InChI=1S/C15H20N4O/c1-16-14-8-10-17-15(18-14)19(2)11-9-13(20)12-6-4-3-5-7-12/h3-8,10,13,20H,9,11H2,1-2H3,(H,16,17,18)/t13-/m0/s1. The number of aromatic nitrogens is 2. The third-order valence-corrected chi connectivity index (χ3v) is 3.16. The van der Waals surface area contributed by atoms with Crippen molar-refractivity contribution in [2.24, 2.45) is 0 Å². The molecule has 1 aromatic heterocycles. The van der Waals surface area contributed by atoms with Crippen molar-refractivity contribution in [3.63, 3.8) is 0 Å². The molecule has 20 heavy (non-hydrogen) atoms. The molecule has 0 aliphatic heterocycles. The zero-order valence-electron chi connectivity index (χ0n) is 11.8. The first kappa shape index (κ1) is 14.3. The van der Waals surface area contributed by atoms with E-state index in [-0.39, 0.29) is 0 Å². The van der Waals surface area contributed by atoms with Crippen LogP contribution in [0.15, 0.2) is 42.6 Å². The van der Waals surface area contributed by atoms with E-state index in [9.17, 15) is 5.11 Å². The summed E-state index contributed by atoms with van der Waals surface area (Å²) in [5, 5.41) is 13.1. The van der Waals surface area contributed by atoms with Crippen LogP contribution in [0.1, 0.15) is 18.1 Å². The Morgan fingerprint density at radius 3 is 2.70 bits per heavy atom. The van der Waals surface area contributed by atoms with Gasteiger partial charge >= 0.3 is 0 Å². The molecule has 0 spiro atoms. The molecule has 5 heteroatoms. The molecule has 0 saturated carbocycles. The number of hydrogen-bond donors (Lipinski definition) is 2. The van der Waals surface area contributed by atoms with Gasteiger partial charge in [-0.15, -0.1) is 0 Å². The molecule has 106 valence electrons. The maximum atomic E-state index is 10.1. The Kier molecular flexibility index (Phi) is 4.90. The smallest absolute Gasteiger partial charge is 0.226 e. The van der Waals surface area contributed by atoms with Gasteiger partial charge in [-0.2, -0.15) is 4.98 Å². The van der Waals surface area contributed by atoms with E-state index < -0.39 is 6.10 Å². The summed E-state index contributed by atoms with van der Waals surface area (Å²) in [5.74, 6) is 1.43. The third-order valence-electron chi connectivity index (χ3n) is 3.16. The predicted octanol–water partition coefficient (Wildman–Crippen LogP) is 2.08. The predicted molar refractivity (Wildman–Crippen MR) is 80.9 cm³/mol. The van der Waals surface area contributed by atoms with Crippen LogP contribution in [0.4, 0.5) is 11.8 Å². The van der Waals surface area contributed by atoms with Crippen molar-refractivity contribution in [2.45, 2.75) is 12.5 Å². The highest BCUT2D eigenvalue weighted by Crippen LogP contribution is 2.17. The minimum atomic E-state index is -0.467. The molecule has 0 radical (unpaired) electrons. The first-order valence-corrected chi connectivity index (χ1v) is 6.65. The van der Waals surface area contributed by atoms with Crippen LogP contribution >= 0.6 is 0 Å². The van der Waals surface area contributed by atoms with Gasteiger partial charge in [0.1, 0.15) is 5.82 Å². The van der Waals surface area contributed by atoms with E-state index >= 15 is 0 Å². The molecule has 0 fully saturated rings. The van der Waals surface area contributed by atoms with Gasteiger partial charge in [-0.1, -0.05) is 30.3 Å². The number of benzene rings is 1. The summed E-state index contributed by atoms with van der Waals surface area (Å²) in [7, 11) is 3.75. The molecule has 1 aromatic carbocycles. The number of aliphatic hydroxyl groups excluding tert-OH is 1. The molecule has 0 bridgehead atoms. The summed E-state index contributed by atoms with van der Waals surface area (Å²) in [5.41, 5.74) is 0.936. The van der Waals surface area contributed by atoms with E-state index in [1.807, 2.05) is 55.4 Å². The molecule has 2 rings (SSSR count). The van der Waals surface area contributed by atoms with Crippen molar-refractivity contribution in [1.82, 2.24) is 9.97 Å². The Balaban J connectivity index is 1.93. The largest absolute Gasteiger partial charge is 0.388 e. The number of hydrogen-bond acceptors (Lipinski definition) is 5. The lowest BCUT2D eigenvalue weighted by molar-refractivity contribution is 0.169. The summed E-state index contributed by atoms with van der Waals surface area (Å²) >= 11 is 0. The van der Waals surface area contributed by atoms with Crippen molar-refractivity contribution < 1.29 is 5.11 Å². The lowest BCUT2D eigenvalue weighted by atomic mass is 10.1. The Morgan fingerprint density at radius 2 is 2.00 bits per heavy atom. The number of rotatable bonds is 6. The average Bonchev–Trinajstić information content (AvgIpc) is 2.53. The highest BCUT2D eigenvalue weighted by atomic mass is 16.3. The van der Waals surface area contributed by atoms with Crippen LogP contribution in [0.25, 0.3) is 0 Å². The molecule has 0 saturated heterocycles. The molecule has 1 heterocycles. The van der Waals surface area contributed by atoms with Crippen molar-refractivity contribution in [3.05, 3.63) is 48.2 Å². The fraction of sp³-hybridized carbons (Fsp3) is 0.333. The van der Waals surface area contributed by atoms with E-state index in [1.165, 1.54) is 0 Å². The number of nitrogens with zero attached hydrogens (tertiary/aromatic N) is 3. The second-order valence-electron chi connectivity index (χ2n) is 4.63. The average molecular weight is 272 g/mol. The minimum Gasteiger partial charge on any atom is -0.388 e. The topological polar surface area (TPSA) is 61.3 Å².